The highest BCUT2D eigenvalue weighted by Gasteiger charge is 2.01. The number of methoxy groups -OCH3 is 1. The highest BCUT2D eigenvalue weighted by Crippen LogP contribution is 2.07. The Kier molecular flexibility index (Phi) is 7.13. The average Bonchev–Trinajstić information content (AvgIpc) is 2.47. The normalized spacial score (nSPS) is 9.43. The van der Waals surface area contributed by atoms with Gasteiger partial charge in [-0.3, -0.25) is 9.59 Å². The van der Waals surface area contributed by atoms with Gasteiger partial charge in [0.25, 0.3) is 0 Å². The predicted molar refractivity (Wildman–Crippen MR) is 88.8 cm³/mol. The number of nitrogen functional groups attached to an aromatic ring is 2. The molecule has 0 radical (unpaired) electrons. The number of rotatable bonds is 4. The van der Waals surface area contributed by atoms with E-state index < -0.39 is 5.97 Å². The lowest BCUT2D eigenvalue weighted by molar-refractivity contribution is -0.140. The molecule has 0 unspecified atom stereocenters. The summed E-state index contributed by atoms with van der Waals surface area (Å²) in [5.74, 6) is -1.09. The number of hydrogen-bond donors (Lipinski definition) is 3. The molecule has 122 valence electrons. The smallest absolute Gasteiger partial charge is 0.309 e. The van der Waals surface area contributed by atoms with E-state index in [-0.39, 0.29) is 18.8 Å². The molecule has 2 rings (SSSR count). The van der Waals surface area contributed by atoms with Gasteiger partial charge >= 0.3 is 11.9 Å². The van der Waals surface area contributed by atoms with Gasteiger partial charge in [-0.25, -0.2) is 0 Å². The van der Waals surface area contributed by atoms with Crippen LogP contribution in [-0.2, 0) is 27.2 Å². The molecule has 23 heavy (non-hydrogen) atoms. The molecule has 6 heteroatoms. The van der Waals surface area contributed by atoms with Crippen LogP contribution < -0.4 is 11.5 Å². The maximum atomic E-state index is 10.8. The second kappa shape index (κ2) is 9.09. The number of hydrogen-bond acceptors (Lipinski definition) is 5. The summed E-state index contributed by atoms with van der Waals surface area (Å²) in [5.41, 5.74) is 13.8. The molecule has 0 aliphatic heterocycles. The quantitative estimate of drug-likeness (QED) is 0.586. The standard InChI is InChI=1S/C9H11NO2.C8H9NO2/c1-12-9(11)6-7-3-2-4-8(10)5-7;9-7-3-1-2-6(4-7)5-8(10)11/h2-5H,6,10H2,1H3;1-4H,5,9H2,(H,10,11). The van der Waals surface area contributed by atoms with Gasteiger partial charge in [-0.1, -0.05) is 24.3 Å². The second-order valence-electron chi connectivity index (χ2n) is 4.81. The number of carboxylic acid groups (broad SMARTS) is 1. The van der Waals surface area contributed by atoms with Crippen molar-refractivity contribution >= 4 is 23.3 Å². The number of nitrogens with two attached hydrogens (primary N) is 2. The molecule has 0 aliphatic rings. The lowest BCUT2D eigenvalue weighted by atomic mass is 10.1. The summed E-state index contributed by atoms with van der Waals surface area (Å²) >= 11 is 0. The molecule has 2 aromatic rings. The van der Waals surface area contributed by atoms with E-state index in [9.17, 15) is 9.59 Å². The molecular formula is C17H20N2O4. The zero-order valence-electron chi connectivity index (χ0n) is 12.9. The molecule has 0 bridgehead atoms. The van der Waals surface area contributed by atoms with Crippen LogP contribution in [0.2, 0.25) is 0 Å². The van der Waals surface area contributed by atoms with E-state index in [1.165, 1.54) is 7.11 Å². The van der Waals surface area contributed by atoms with Crippen molar-refractivity contribution in [3.05, 3.63) is 59.7 Å². The van der Waals surface area contributed by atoms with Crippen LogP contribution in [0.15, 0.2) is 48.5 Å². The second-order valence-corrected chi connectivity index (χ2v) is 4.81. The summed E-state index contributed by atoms with van der Waals surface area (Å²) in [5, 5.41) is 8.42. The number of esters is 1. The summed E-state index contributed by atoms with van der Waals surface area (Å²) in [7, 11) is 1.37. The van der Waals surface area contributed by atoms with Crippen LogP contribution in [0.1, 0.15) is 11.1 Å². The highest BCUT2D eigenvalue weighted by atomic mass is 16.5. The van der Waals surface area contributed by atoms with Gasteiger partial charge in [-0.05, 0) is 35.4 Å². The van der Waals surface area contributed by atoms with Gasteiger partial charge in [0.2, 0.25) is 0 Å². The molecule has 0 fully saturated rings. The van der Waals surface area contributed by atoms with Crippen LogP contribution in [-0.4, -0.2) is 24.2 Å². The monoisotopic (exact) mass is 316 g/mol. The Morgan fingerprint density at radius 1 is 0.957 bits per heavy atom. The van der Waals surface area contributed by atoms with Crippen molar-refractivity contribution in [1.82, 2.24) is 0 Å². The zero-order chi connectivity index (χ0) is 17.2. The Labute approximate surface area is 134 Å². The highest BCUT2D eigenvalue weighted by molar-refractivity contribution is 5.72. The lowest BCUT2D eigenvalue weighted by Crippen LogP contribution is -2.04. The third kappa shape index (κ3) is 7.52. The molecule has 0 saturated heterocycles. The van der Waals surface area contributed by atoms with Crippen molar-refractivity contribution in [2.45, 2.75) is 12.8 Å². The van der Waals surface area contributed by atoms with E-state index >= 15 is 0 Å². The van der Waals surface area contributed by atoms with Crippen molar-refractivity contribution in [2.24, 2.45) is 0 Å². The Morgan fingerprint density at radius 3 is 1.83 bits per heavy atom. The van der Waals surface area contributed by atoms with E-state index in [2.05, 4.69) is 4.74 Å². The van der Waals surface area contributed by atoms with Crippen LogP contribution in [0.4, 0.5) is 11.4 Å². The van der Waals surface area contributed by atoms with Crippen molar-refractivity contribution in [1.29, 1.82) is 0 Å². The van der Waals surface area contributed by atoms with E-state index in [4.69, 9.17) is 16.6 Å². The van der Waals surface area contributed by atoms with Crippen LogP contribution in [0, 0.1) is 0 Å². The fraction of sp³-hybridized carbons (Fsp3) is 0.176. The molecule has 0 aliphatic carbocycles. The van der Waals surface area contributed by atoms with Crippen molar-refractivity contribution in [3.8, 4) is 0 Å². The molecule has 0 spiro atoms. The number of aliphatic carboxylic acids is 1. The molecule has 0 atom stereocenters. The Bertz CT molecular complexity index is 671. The van der Waals surface area contributed by atoms with Gasteiger partial charge in [0.15, 0.2) is 0 Å². The molecule has 5 N–H and O–H groups in total. The summed E-state index contributed by atoms with van der Waals surface area (Å²) < 4.78 is 4.51. The molecule has 0 aromatic heterocycles. The van der Waals surface area contributed by atoms with E-state index in [1.54, 1.807) is 36.4 Å². The fourth-order valence-corrected chi connectivity index (χ4v) is 1.82. The summed E-state index contributed by atoms with van der Waals surface area (Å²) in [6.07, 6.45) is 0.312. The van der Waals surface area contributed by atoms with Gasteiger partial charge in [0.1, 0.15) is 0 Å². The van der Waals surface area contributed by atoms with Gasteiger partial charge in [0.05, 0.1) is 20.0 Å². The van der Waals surface area contributed by atoms with Crippen LogP contribution in [0.3, 0.4) is 0 Å². The van der Waals surface area contributed by atoms with Crippen LogP contribution >= 0.6 is 0 Å². The maximum absolute atomic E-state index is 10.8. The molecule has 0 heterocycles. The molecule has 2 aromatic carbocycles. The first-order valence-electron chi connectivity index (χ1n) is 6.88. The number of anilines is 2. The zero-order valence-corrected chi connectivity index (χ0v) is 12.9. The number of benzene rings is 2. The Morgan fingerprint density at radius 2 is 1.43 bits per heavy atom. The largest absolute Gasteiger partial charge is 0.481 e. The SMILES string of the molecule is COC(=O)Cc1cccc(N)c1.Nc1cccc(CC(=O)O)c1. The summed E-state index contributed by atoms with van der Waals surface area (Å²) in [6, 6.07) is 14.1. The third-order valence-electron chi connectivity index (χ3n) is 2.83. The molecular weight excluding hydrogens is 296 g/mol. The molecule has 6 nitrogen and oxygen atoms in total. The van der Waals surface area contributed by atoms with Gasteiger partial charge in [0, 0.05) is 11.4 Å². The third-order valence-corrected chi connectivity index (χ3v) is 2.83. The number of ether oxygens (including phenoxy) is 1. The van der Waals surface area contributed by atoms with Gasteiger partial charge < -0.3 is 21.3 Å². The summed E-state index contributed by atoms with van der Waals surface area (Å²) in [4.78, 5) is 21.1. The minimum Gasteiger partial charge on any atom is -0.481 e. The molecule has 0 saturated carbocycles. The topological polar surface area (TPSA) is 116 Å². The first-order chi connectivity index (χ1) is 10.9. The minimum absolute atomic E-state index is 0.0328. The van der Waals surface area contributed by atoms with Crippen LogP contribution in [0.5, 0.6) is 0 Å². The first-order valence-corrected chi connectivity index (χ1v) is 6.88. The Balaban J connectivity index is 0.000000231. The minimum atomic E-state index is -0.837. The Hall–Kier alpha value is -3.02. The van der Waals surface area contributed by atoms with Gasteiger partial charge in [-0.15, -0.1) is 0 Å². The van der Waals surface area contributed by atoms with E-state index in [0.717, 1.165) is 11.1 Å². The number of carbonyl (C=O) groups excluding carboxylic acids is 1. The summed E-state index contributed by atoms with van der Waals surface area (Å²) in [6.45, 7) is 0. The van der Waals surface area contributed by atoms with Crippen molar-refractivity contribution in [2.75, 3.05) is 18.6 Å². The lowest BCUT2D eigenvalue weighted by Gasteiger charge is -2.00. The predicted octanol–water partition coefficient (Wildman–Crippen LogP) is 1.88. The fourth-order valence-electron chi connectivity index (χ4n) is 1.82. The average molecular weight is 316 g/mol. The first kappa shape index (κ1) is 18.0. The van der Waals surface area contributed by atoms with E-state index in [1.807, 2.05) is 12.1 Å². The molecule has 0 amide bonds. The van der Waals surface area contributed by atoms with Gasteiger partial charge in [-0.2, -0.15) is 0 Å². The van der Waals surface area contributed by atoms with Crippen molar-refractivity contribution < 1.29 is 19.4 Å². The maximum Gasteiger partial charge on any atom is 0.309 e. The number of carbonyl (C=O) groups is 2. The van der Waals surface area contributed by atoms with Crippen molar-refractivity contribution in [3.63, 3.8) is 0 Å². The van der Waals surface area contributed by atoms with Crippen LogP contribution in [0.25, 0.3) is 0 Å². The van der Waals surface area contributed by atoms with E-state index in [0.29, 0.717) is 11.4 Å². The number of carboxylic acids is 1.